The topological polar surface area (TPSA) is 63.3 Å². The molecule has 0 spiro atoms. The predicted molar refractivity (Wildman–Crippen MR) is 64.3 cm³/mol. The Morgan fingerprint density at radius 1 is 1.19 bits per heavy atom. The number of rotatable bonds is 5. The molecule has 0 bridgehead atoms. The van der Waals surface area contributed by atoms with E-state index >= 15 is 0 Å². The molecule has 0 aromatic heterocycles. The van der Waals surface area contributed by atoms with Gasteiger partial charge in [0.05, 0.1) is 0 Å². The summed E-state index contributed by atoms with van der Waals surface area (Å²) < 4.78 is 0. The maximum atomic E-state index is 10.6. The quantitative estimate of drug-likeness (QED) is 0.797. The minimum absolute atomic E-state index is 0.386. The van der Waals surface area contributed by atoms with Gasteiger partial charge in [0.15, 0.2) is 0 Å². The van der Waals surface area contributed by atoms with Crippen molar-refractivity contribution in [2.24, 2.45) is 11.7 Å². The monoisotopic (exact) mass is 221 g/mol. The van der Waals surface area contributed by atoms with Crippen LogP contribution in [0.25, 0.3) is 0 Å². The van der Waals surface area contributed by atoms with Gasteiger partial charge in [-0.05, 0) is 29.9 Å². The van der Waals surface area contributed by atoms with Gasteiger partial charge in [-0.2, -0.15) is 0 Å². The van der Waals surface area contributed by atoms with E-state index in [1.54, 1.807) is 0 Å². The Labute approximate surface area is 96.3 Å². The Balaban J connectivity index is 2.61. The lowest BCUT2D eigenvalue weighted by molar-refractivity contribution is -0.138. The third-order valence-electron chi connectivity index (χ3n) is 2.44. The average molecular weight is 221 g/mol. The van der Waals surface area contributed by atoms with Gasteiger partial charge in [0.2, 0.25) is 0 Å². The second kappa shape index (κ2) is 5.66. The fraction of sp³-hybridized carbons (Fsp3) is 0.462. The molecule has 1 atom stereocenters. The smallest absolute Gasteiger partial charge is 0.320 e. The second-order valence-corrected chi connectivity index (χ2v) is 4.56. The minimum atomic E-state index is -0.953. The normalized spacial score (nSPS) is 12.8. The zero-order valence-electron chi connectivity index (χ0n) is 9.81. The van der Waals surface area contributed by atoms with E-state index in [1.807, 2.05) is 24.3 Å². The number of carboxylic acid groups (broad SMARTS) is 1. The zero-order chi connectivity index (χ0) is 12.1. The van der Waals surface area contributed by atoms with Crippen molar-refractivity contribution in [2.75, 3.05) is 0 Å². The summed E-state index contributed by atoms with van der Waals surface area (Å²) >= 11 is 0. The van der Waals surface area contributed by atoms with Crippen LogP contribution in [0.4, 0.5) is 0 Å². The van der Waals surface area contributed by atoms with E-state index in [1.165, 1.54) is 5.56 Å². The third kappa shape index (κ3) is 4.03. The lowest BCUT2D eigenvalue weighted by Crippen LogP contribution is -2.32. The average Bonchev–Trinajstić information content (AvgIpc) is 2.20. The van der Waals surface area contributed by atoms with Gasteiger partial charge < -0.3 is 10.8 Å². The number of aliphatic carboxylic acids is 1. The van der Waals surface area contributed by atoms with Crippen molar-refractivity contribution in [1.82, 2.24) is 0 Å². The fourth-order valence-corrected chi connectivity index (χ4v) is 1.62. The van der Waals surface area contributed by atoms with Gasteiger partial charge in [0.1, 0.15) is 6.04 Å². The first kappa shape index (κ1) is 12.7. The van der Waals surface area contributed by atoms with Crippen LogP contribution in [0.3, 0.4) is 0 Å². The highest BCUT2D eigenvalue weighted by atomic mass is 16.4. The van der Waals surface area contributed by atoms with Crippen LogP contribution in [0.15, 0.2) is 24.3 Å². The number of carboxylic acids is 1. The van der Waals surface area contributed by atoms with Gasteiger partial charge >= 0.3 is 5.97 Å². The highest BCUT2D eigenvalue weighted by Crippen LogP contribution is 2.10. The van der Waals surface area contributed by atoms with Crippen LogP contribution in [0, 0.1) is 5.92 Å². The molecule has 0 heterocycles. The molecule has 3 nitrogen and oxygen atoms in total. The van der Waals surface area contributed by atoms with Gasteiger partial charge in [-0.15, -0.1) is 0 Å². The van der Waals surface area contributed by atoms with Crippen molar-refractivity contribution in [1.29, 1.82) is 0 Å². The van der Waals surface area contributed by atoms with Gasteiger partial charge in [-0.3, -0.25) is 4.79 Å². The highest BCUT2D eigenvalue weighted by Gasteiger charge is 2.11. The molecule has 0 fully saturated rings. The number of benzene rings is 1. The van der Waals surface area contributed by atoms with Gasteiger partial charge in [0.25, 0.3) is 0 Å². The number of nitrogens with two attached hydrogens (primary N) is 1. The summed E-state index contributed by atoms with van der Waals surface area (Å²) in [5.41, 5.74) is 7.72. The van der Waals surface area contributed by atoms with E-state index in [0.717, 1.165) is 12.0 Å². The summed E-state index contributed by atoms with van der Waals surface area (Å²) in [6, 6.07) is 7.20. The van der Waals surface area contributed by atoms with Crippen molar-refractivity contribution >= 4 is 5.97 Å². The van der Waals surface area contributed by atoms with Crippen molar-refractivity contribution in [2.45, 2.75) is 32.7 Å². The molecule has 16 heavy (non-hydrogen) atoms. The Morgan fingerprint density at radius 3 is 2.00 bits per heavy atom. The molecule has 0 unspecified atom stereocenters. The highest BCUT2D eigenvalue weighted by molar-refractivity contribution is 5.73. The molecule has 0 saturated heterocycles. The molecule has 1 rings (SSSR count). The molecule has 0 aliphatic heterocycles. The molecule has 88 valence electrons. The number of hydrogen-bond donors (Lipinski definition) is 2. The van der Waals surface area contributed by atoms with Crippen molar-refractivity contribution < 1.29 is 9.90 Å². The first-order valence-corrected chi connectivity index (χ1v) is 5.55. The van der Waals surface area contributed by atoms with Gasteiger partial charge in [-0.1, -0.05) is 38.1 Å². The molecule has 3 heteroatoms. The summed E-state index contributed by atoms with van der Waals surface area (Å²) in [6.45, 7) is 4.35. The summed E-state index contributed by atoms with van der Waals surface area (Å²) in [6.07, 6.45) is 1.43. The summed E-state index contributed by atoms with van der Waals surface area (Å²) in [7, 11) is 0. The van der Waals surface area contributed by atoms with Crippen LogP contribution >= 0.6 is 0 Å². The van der Waals surface area contributed by atoms with Crippen LogP contribution < -0.4 is 5.73 Å². The van der Waals surface area contributed by atoms with E-state index in [4.69, 9.17) is 10.8 Å². The van der Waals surface area contributed by atoms with Crippen LogP contribution in [0.1, 0.15) is 25.0 Å². The van der Waals surface area contributed by atoms with Crippen LogP contribution in [0.5, 0.6) is 0 Å². The number of hydrogen-bond acceptors (Lipinski definition) is 2. The SMILES string of the molecule is CC(C)Cc1ccc(C[C@@H](N)C(=O)O)cc1. The molecule has 1 aromatic carbocycles. The lowest BCUT2D eigenvalue weighted by atomic mass is 10.00. The van der Waals surface area contributed by atoms with Gasteiger partial charge in [-0.25, -0.2) is 0 Å². The molecule has 3 N–H and O–H groups in total. The number of carbonyl (C=O) groups is 1. The maximum absolute atomic E-state index is 10.6. The molecular formula is C13H19NO2. The summed E-state index contributed by atoms with van der Waals surface area (Å²) in [4.78, 5) is 10.6. The van der Waals surface area contributed by atoms with E-state index in [-0.39, 0.29) is 0 Å². The molecule has 0 amide bonds. The largest absolute Gasteiger partial charge is 0.480 e. The summed E-state index contributed by atoms with van der Waals surface area (Å²) in [5, 5.41) is 8.69. The van der Waals surface area contributed by atoms with Crippen LogP contribution in [0.2, 0.25) is 0 Å². The van der Waals surface area contributed by atoms with Gasteiger partial charge in [0, 0.05) is 0 Å². The fourth-order valence-electron chi connectivity index (χ4n) is 1.62. The van der Waals surface area contributed by atoms with Crippen LogP contribution in [-0.2, 0) is 17.6 Å². The maximum Gasteiger partial charge on any atom is 0.320 e. The lowest BCUT2D eigenvalue weighted by Gasteiger charge is -2.08. The van der Waals surface area contributed by atoms with Crippen LogP contribution in [-0.4, -0.2) is 17.1 Å². The van der Waals surface area contributed by atoms with E-state index in [2.05, 4.69) is 13.8 Å². The molecule has 0 aliphatic rings. The Bertz CT molecular complexity index is 343. The molecule has 0 saturated carbocycles. The Morgan fingerprint density at radius 2 is 1.62 bits per heavy atom. The molecule has 0 aliphatic carbocycles. The van der Waals surface area contributed by atoms with E-state index < -0.39 is 12.0 Å². The zero-order valence-corrected chi connectivity index (χ0v) is 9.81. The Kier molecular flexibility index (Phi) is 4.50. The predicted octanol–water partition coefficient (Wildman–Crippen LogP) is 1.84. The second-order valence-electron chi connectivity index (χ2n) is 4.56. The molecule has 1 aromatic rings. The minimum Gasteiger partial charge on any atom is -0.480 e. The van der Waals surface area contributed by atoms with Crippen molar-refractivity contribution in [3.05, 3.63) is 35.4 Å². The summed E-state index contributed by atoms with van der Waals surface area (Å²) in [5.74, 6) is -0.321. The third-order valence-corrected chi connectivity index (χ3v) is 2.44. The molecule has 0 radical (unpaired) electrons. The Hall–Kier alpha value is -1.35. The van der Waals surface area contributed by atoms with E-state index in [0.29, 0.717) is 12.3 Å². The van der Waals surface area contributed by atoms with Crippen molar-refractivity contribution in [3.8, 4) is 0 Å². The van der Waals surface area contributed by atoms with E-state index in [9.17, 15) is 4.79 Å². The first-order valence-electron chi connectivity index (χ1n) is 5.55. The first-order chi connectivity index (χ1) is 7.49. The van der Waals surface area contributed by atoms with Crippen molar-refractivity contribution in [3.63, 3.8) is 0 Å². The molecular weight excluding hydrogens is 202 g/mol. The standard InChI is InChI=1S/C13H19NO2/c1-9(2)7-10-3-5-11(6-4-10)8-12(14)13(15)16/h3-6,9,12H,7-8,14H2,1-2H3,(H,15,16)/t12-/m1/s1.